The van der Waals surface area contributed by atoms with E-state index in [9.17, 15) is 4.79 Å². The number of rotatable bonds is 12. The van der Waals surface area contributed by atoms with Crippen LogP contribution in [0.5, 0.6) is 0 Å². The second-order valence-electron chi connectivity index (χ2n) is 5.48. The number of likely N-dealkylation sites (N-methyl/N-ethyl adjacent to an activating group) is 1. The highest BCUT2D eigenvalue weighted by molar-refractivity contribution is 5.84. The summed E-state index contributed by atoms with van der Waals surface area (Å²) >= 11 is 0. The Labute approximate surface area is 135 Å². The van der Waals surface area contributed by atoms with Gasteiger partial charge in [-0.1, -0.05) is 26.7 Å². The molecule has 2 N–H and O–H groups in total. The Morgan fingerprint density at radius 3 is 2.18 bits per heavy atom. The van der Waals surface area contributed by atoms with Crippen LogP contribution in [-0.2, 0) is 9.53 Å². The highest BCUT2D eigenvalue weighted by Crippen LogP contribution is 1.90. The van der Waals surface area contributed by atoms with Gasteiger partial charge in [0.1, 0.15) is 6.54 Å². The maximum atomic E-state index is 11.6. The van der Waals surface area contributed by atoms with Crippen molar-refractivity contribution in [3.63, 3.8) is 0 Å². The zero-order valence-electron chi connectivity index (χ0n) is 14.8. The fraction of sp³-hybridized carbons (Fsp3) is 0.875. The van der Waals surface area contributed by atoms with Gasteiger partial charge in [-0.05, 0) is 19.3 Å². The molecule has 0 rings (SSSR count). The van der Waals surface area contributed by atoms with Crippen molar-refractivity contribution in [1.82, 2.24) is 15.5 Å². The summed E-state index contributed by atoms with van der Waals surface area (Å²) in [6, 6.07) is 0. The number of hydrogen-bond donors (Lipinski definition) is 2. The van der Waals surface area contributed by atoms with Crippen LogP contribution < -0.4 is 10.6 Å². The standard InChI is InChI=1S/C16H34N4O2/c1-5-7-10-17-16(19-14-15(21)20(3)4)18-11-9-13-22-12-8-6-2/h5-14H2,1-4H3,(H2,17,18,19). The van der Waals surface area contributed by atoms with Crippen LogP contribution >= 0.6 is 0 Å². The van der Waals surface area contributed by atoms with Gasteiger partial charge in [-0.2, -0.15) is 0 Å². The maximum absolute atomic E-state index is 11.6. The van der Waals surface area contributed by atoms with Crippen LogP contribution in [0.3, 0.4) is 0 Å². The van der Waals surface area contributed by atoms with E-state index in [4.69, 9.17) is 4.74 Å². The van der Waals surface area contributed by atoms with Crippen molar-refractivity contribution in [2.24, 2.45) is 4.99 Å². The number of unbranched alkanes of at least 4 members (excludes halogenated alkanes) is 2. The molecule has 0 aromatic rings. The molecule has 0 fully saturated rings. The first-order valence-electron chi connectivity index (χ1n) is 8.41. The van der Waals surface area contributed by atoms with E-state index in [-0.39, 0.29) is 12.5 Å². The highest BCUT2D eigenvalue weighted by atomic mass is 16.5. The Bertz CT molecular complexity index is 307. The largest absolute Gasteiger partial charge is 0.381 e. The van der Waals surface area contributed by atoms with Crippen LogP contribution in [0.25, 0.3) is 0 Å². The molecule has 0 aliphatic heterocycles. The number of nitrogens with zero attached hydrogens (tertiary/aromatic N) is 2. The van der Waals surface area contributed by atoms with Crippen molar-refractivity contribution in [3.8, 4) is 0 Å². The molecule has 0 saturated carbocycles. The fourth-order valence-electron chi connectivity index (χ4n) is 1.58. The predicted molar refractivity (Wildman–Crippen MR) is 92.3 cm³/mol. The van der Waals surface area contributed by atoms with Gasteiger partial charge < -0.3 is 20.3 Å². The topological polar surface area (TPSA) is 66.0 Å². The lowest BCUT2D eigenvalue weighted by Crippen LogP contribution is -2.39. The molecule has 0 aromatic heterocycles. The van der Waals surface area contributed by atoms with Crippen LogP contribution in [0.15, 0.2) is 4.99 Å². The zero-order chi connectivity index (χ0) is 16.6. The number of aliphatic imine (C=N–C) groups is 1. The first-order chi connectivity index (χ1) is 10.6. The molecule has 0 unspecified atom stereocenters. The van der Waals surface area contributed by atoms with Gasteiger partial charge in [0.25, 0.3) is 0 Å². The molecule has 0 aromatic carbocycles. The molecule has 130 valence electrons. The quantitative estimate of drug-likeness (QED) is 0.326. The van der Waals surface area contributed by atoms with E-state index in [1.165, 1.54) is 0 Å². The Hall–Kier alpha value is -1.30. The molecule has 0 heterocycles. The zero-order valence-corrected chi connectivity index (χ0v) is 14.8. The summed E-state index contributed by atoms with van der Waals surface area (Å²) in [5.74, 6) is 0.705. The molecule has 22 heavy (non-hydrogen) atoms. The Morgan fingerprint density at radius 2 is 1.59 bits per heavy atom. The molecule has 0 radical (unpaired) electrons. The molecule has 0 spiro atoms. The van der Waals surface area contributed by atoms with Crippen LogP contribution in [0.1, 0.15) is 46.0 Å². The molecule has 6 heteroatoms. The molecular formula is C16H34N4O2. The first-order valence-corrected chi connectivity index (χ1v) is 8.41. The normalized spacial score (nSPS) is 11.4. The molecule has 0 bridgehead atoms. The molecule has 1 amide bonds. The average Bonchev–Trinajstić information content (AvgIpc) is 2.50. The Balaban J connectivity index is 4.01. The van der Waals surface area contributed by atoms with Crippen LogP contribution in [0, 0.1) is 0 Å². The summed E-state index contributed by atoms with van der Waals surface area (Å²) in [6.45, 7) is 7.72. The number of carbonyl (C=O) groups excluding carboxylic acids is 1. The second-order valence-corrected chi connectivity index (χ2v) is 5.48. The van der Waals surface area contributed by atoms with Gasteiger partial charge in [0.2, 0.25) is 5.91 Å². The van der Waals surface area contributed by atoms with Gasteiger partial charge >= 0.3 is 0 Å². The SMILES string of the molecule is CCCCNC(=NCC(=O)N(C)C)NCCCOCCCC. The molecule has 0 aliphatic rings. The van der Waals surface area contributed by atoms with Crippen LogP contribution in [-0.4, -0.2) is 63.7 Å². The molecule has 0 atom stereocenters. The van der Waals surface area contributed by atoms with Crippen LogP contribution in [0.2, 0.25) is 0 Å². The Morgan fingerprint density at radius 1 is 1.00 bits per heavy atom. The Kier molecular flexibility index (Phi) is 13.8. The summed E-state index contributed by atoms with van der Waals surface area (Å²) in [5.41, 5.74) is 0. The number of guanidine groups is 1. The van der Waals surface area contributed by atoms with Gasteiger partial charge in [-0.15, -0.1) is 0 Å². The van der Waals surface area contributed by atoms with E-state index in [0.29, 0.717) is 5.96 Å². The average molecular weight is 314 g/mol. The summed E-state index contributed by atoms with van der Waals surface area (Å²) < 4.78 is 5.52. The van der Waals surface area contributed by atoms with Crippen LogP contribution in [0.4, 0.5) is 0 Å². The second kappa shape index (κ2) is 14.6. The fourth-order valence-corrected chi connectivity index (χ4v) is 1.58. The monoisotopic (exact) mass is 314 g/mol. The third kappa shape index (κ3) is 12.4. The molecule has 0 aliphatic carbocycles. The number of amides is 1. The molecule has 0 saturated heterocycles. The van der Waals surface area contributed by atoms with E-state index in [1.54, 1.807) is 19.0 Å². The van der Waals surface area contributed by atoms with E-state index in [0.717, 1.165) is 58.4 Å². The number of ether oxygens (including phenoxy) is 1. The minimum atomic E-state index is -0.000472. The lowest BCUT2D eigenvalue weighted by atomic mass is 10.3. The van der Waals surface area contributed by atoms with Gasteiger partial charge in [0.15, 0.2) is 5.96 Å². The maximum Gasteiger partial charge on any atom is 0.243 e. The minimum Gasteiger partial charge on any atom is -0.381 e. The van der Waals surface area contributed by atoms with Gasteiger partial charge in [0.05, 0.1) is 0 Å². The van der Waals surface area contributed by atoms with E-state index in [2.05, 4.69) is 29.5 Å². The molecular weight excluding hydrogens is 280 g/mol. The van der Waals surface area contributed by atoms with E-state index >= 15 is 0 Å². The number of hydrogen-bond acceptors (Lipinski definition) is 3. The summed E-state index contributed by atoms with van der Waals surface area (Å²) in [7, 11) is 3.48. The van der Waals surface area contributed by atoms with Crippen molar-refractivity contribution in [3.05, 3.63) is 0 Å². The van der Waals surface area contributed by atoms with Crippen molar-refractivity contribution < 1.29 is 9.53 Å². The predicted octanol–water partition coefficient (Wildman–Crippen LogP) is 1.62. The molecule has 6 nitrogen and oxygen atoms in total. The third-order valence-electron chi connectivity index (χ3n) is 3.09. The van der Waals surface area contributed by atoms with Gasteiger partial charge in [-0.25, -0.2) is 4.99 Å². The summed E-state index contributed by atoms with van der Waals surface area (Å²) in [4.78, 5) is 17.5. The number of carbonyl (C=O) groups is 1. The lowest BCUT2D eigenvalue weighted by Gasteiger charge is -2.13. The highest BCUT2D eigenvalue weighted by Gasteiger charge is 2.04. The van der Waals surface area contributed by atoms with Gasteiger partial charge in [0, 0.05) is 40.4 Å². The van der Waals surface area contributed by atoms with E-state index < -0.39 is 0 Å². The lowest BCUT2D eigenvalue weighted by molar-refractivity contribution is -0.127. The van der Waals surface area contributed by atoms with Crippen molar-refractivity contribution >= 4 is 11.9 Å². The minimum absolute atomic E-state index is 0.000472. The summed E-state index contributed by atoms with van der Waals surface area (Å²) in [6.07, 6.45) is 5.42. The number of nitrogens with one attached hydrogen (secondary N) is 2. The smallest absolute Gasteiger partial charge is 0.243 e. The van der Waals surface area contributed by atoms with Gasteiger partial charge in [-0.3, -0.25) is 4.79 Å². The summed E-state index contributed by atoms with van der Waals surface area (Å²) in [5, 5.41) is 6.51. The van der Waals surface area contributed by atoms with Crippen molar-refractivity contribution in [1.29, 1.82) is 0 Å². The van der Waals surface area contributed by atoms with E-state index in [1.807, 2.05) is 0 Å². The first kappa shape index (κ1) is 20.7. The van der Waals surface area contributed by atoms with Crippen molar-refractivity contribution in [2.45, 2.75) is 46.0 Å². The van der Waals surface area contributed by atoms with Crippen molar-refractivity contribution in [2.75, 3.05) is 46.9 Å². The third-order valence-corrected chi connectivity index (χ3v) is 3.09.